The van der Waals surface area contributed by atoms with Crippen molar-refractivity contribution in [2.24, 2.45) is 0 Å². The molecule has 0 amide bonds. The first-order valence-electron chi connectivity index (χ1n) is 4.51. The van der Waals surface area contributed by atoms with E-state index in [4.69, 9.17) is 39.5 Å². The van der Waals surface area contributed by atoms with Crippen LogP contribution in [0.2, 0.25) is 10.0 Å². The molecule has 0 atom stereocenters. The lowest BCUT2D eigenvalue weighted by atomic mass is 10.2. The smallest absolute Gasteiger partial charge is 0.328 e. The van der Waals surface area contributed by atoms with Gasteiger partial charge in [-0.25, -0.2) is 4.79 Å². The Balaban J connectivity index is 3.01. The number of carboxylic acid groups (broad SMARTS) is 1. The maximum absolute atomic E-state index is 10.4. The molecule has 0 saturated carbocycles. The molecule has 1 rings (SSSR count). The molecule has 0 aromatic heterocycles. The van der Waals surface area contributed by atoms with E-state index in [1.54, 1.807) is 12.1 Å². The number of halogens is 2. The summed E-state index contributed by atoms with van der Waals surface area (Å²) in [6.07, 6.45) is 7.42. The summed E-state index contributed by atoms with van der Waals surface area (Å²) in [5.41, 5.74) is 0.565. The Kier molecular flexibility index (Phi) is 4.89. The molecule has 0 unspecified atom stereocenters. The van der Waals surface area contributed by atoms with Crippen LogP contribution < -0.4 is 4.74 Å². The summed E-state index contributed by atoms with van der Waals surface area (Å²) in [6, 6.07) is 3.08. The van der Waals surface area contributed by atoms with Gasteiger partial charge in [0.15, 0.2) is 5.75 Å². The largest absolute Gasteiger partial charge is 0.478 e. The van der Waals surface area contributed by atoms with Gasteiger partial charge in [0.1, 0.15) is 6.61 Å². The number of hydrogen-bond acceptors (Lipinski definition) is 2. The van der Waals surface area contributed by atoms with Gasteiger partial charge in [-0.3, -0.25) is 0 Å². The van der Waals surface area contributed by atoms with Crippen molar-refractivity contribution in [2.45, 2.75) is 0 Å². The second-order valence-electron chi connectivity index (χ2n) is 2.98. The molecule has 1 aromatic rings. The van der Waals surface area contributed by atoms with E-state index in [2.05, 4.69) is 5.92 Å². The molecule has 0 spiro atoms. The number of hydrogen-bond donors (Lipinski definition) is 1. The van der Waals surface area contributed by atoms with Gasteiger partial charge in [0.2, 0.25) is 0 Å². The fourth-order valence-electron chi connectivity index (χ4n) is 1.09. The molecule has 5 heteroatoms. The molecule has 0 bridgehead atoms. The lowest BCUT2D eigenvalue weighted by Gasteiger charge is -2.08. The minimum Gasteiger partial charge on any atom is -0.478 e. The molecule has 0 aliphatic heterocycles. The first-order chi connectivity index (χ1) is 8.04. The predicted molar refractivity (Wildman–Crippen MR) is 67.5 cm³/mol. The van der Waals surface area contributed by atoms with E-state index >= 15 is 0 Å². The van der Waals surface area contributed by atoms with Crippen LogP contribution in [-0.2, 0) is 4.79 Å². The standard InChI is InChI=1S/C12H8Cl2O3/c1-2-5-17-12-9(13)6-8(7-10(12)14)3-4-11(15)16/h1,3-4,6-7H,5H2,(H,15,16)/b4-3+. The van der Waals surface area contributed by atoms with Crippen LogP contribution >= 0.6 is 23.2 Å². The topological polar surface area (TPSA) is 46.5 Å². The Hall–Kier alpha value is -1.63. The van der Waals surface area contributed by atoms with Crippen molar-refractivity contribution >= 4 is 35.2 Å². The molecule has 0 saturated heterocycles. The Labute approximate surface area is 109 Å². The van der Waals surface area contributed by atoms with E-state index in [0.717, 1.165) is 6.08 Å². The maximum Gasteiger partial charge on any atom is 0.328 e. The maximum atomic E-state index is 10.4. The molecule has 1 N–H and O–H groups in total. The zero-order valence-corrected chi connectivity index (χ0v) is 10.1. The molecular weight excluding hydrogens is 263 g/mol. The Bertz CT molecular complexity index is 478. The Morgan fingerprint density at radius 2 is 2.06 bits per heavy atom. The van der Waals surface area contributed by atoms with Crippen LogP contribution in [0, 0.1) is 12.3 Å². The van der Waals surface area contributed by atoms with Crippen LogP contribution in [0.4, 0.5) is 0 Å². The van der Waals surface area contributed by atoms with Crippen LogP contribution in [0.1, 0.15) is 5.56 Å². The lowest BCUT2D eigenvalue weighted by molar-refractivity contribution is -0.131. The van der Waals surface area contributed by atoms with Gasteiger partial charge in [0.05, 0.1) is 10.0 Å². The van der Waals surface area contributed by atoms with E-state index in [1.807, 2.05) is 0 Å². The number of ether oxygens (including phenoxy) is 1. The highest BCUT2D eigenvalue weighted by Crippen LogP contribution is 2.34. The summed E-state index contributed by atoms with van der Waals surface area (Å²) in [5.74, 6) is 1.53. The summed E-state index contributed by atoms with van der Waals surface area (Å²) >= 11 is 11.9. The average molecular weight is 271 g/mol. The SMILES string of the molecule is C#CCOc1c(Cl)cc(/C=C/C(=O)O)cc1Cl. The van der Waals surface area contributed by atoms with Crippen molar-refractivity contribution in [3.8, 4) is 18.1 Å². The predicted octanol–water partition coefficient (Wildman–Crippen LogP) is 3.10. The van der Waals surface area contributed by atoms with Gasteiger partial charge in [0.25, 0.3) is 0 Å². The molecule has 0 aliphatic rings. The third-order valence-electron chi connectivity index (χ3n) is 1.74. The lowest BCUT2D eigenvalue weighted by Crippen LogP contribution is -1.95. The number of aliphatic carboxylic acids is 1. The summed E-state index contributed by atoms with van der Waals surface area (Å²) < 4.78 is 5.16. The van der Waals surface area contributed by atoms with Crippen LogP contribution in [0.3, 0.4) is 0 Å². The quantitative estimate of drug-likeness (QED) is 0.676. The van der Waals surface area contributed by atoms with Crippen molar-refractivity contribution in [1.82, 2.24) is 0 Å². The Morgan fingerprint density at radius 3 is 2.53 bits per heavy atom. The van der Waals surface area contributed by atoms with Crippen molar-refractivity contribution in [3.05, 3.63) is 33.8 Å². The second kappa shape index (κ2) is 6.19. The summed E-state index contributed by atoms with van der Waals surface area (Å²) in [7, 11) is 0. The monoisotopic (exact) mass is 270 g/mol. The van der Waals surface area contributed by atoms with Gasteiger partial charge >= 0.3 is 5.97 Å². The highest BCUT2D eigenvalue weighted by molar-refractivity contribution is 6.37. The average Bonchev–Trinajstić information content (AvgIpc) is 2.25. The summed E-state index contributed by atoms with van der Waals surface area (Å²) in [6.45, 7) is 0.0593. The minimum absolute atomic E-state index is 0.0593. The summed E-state index contributed by atoms with van der Waals surface area (Å²) in [5, 5.41) is 9.04. The van der Waals surface area contributed by atoms with Crippen LogP contribution in [-0.4, -0.2) is 17.7 Å². The van der Waals surface area contributed by atoms with Gasteiger partial charge in [-0.1, -0.05) is 29.1 Å². The van der Waals surface area contributed by atoms with E-state index in [9.17, 15) is 4.79 Å². The van der Waals surface area contributed by atoms with Gasteiger partial charge in [-0.05, 0) is 23.8 Å². The fourth-order valence-corrected chi connectivity index (χ4v) is 1.71. The second-order valence-corrected chi connectivity index (χ2v) is 3.79. The fraction of sp³-hybridized carbons (Fsp3) is 0.0833. The molecule has 88 valence electrons. The van der Waals surface area contributed by atoms with E-state index in [-0.39, 0.29) is 16.7 Å². The first-order valence-corrected chi connectivity index (χ1v) is 5.26. The molecule has 3 nitrogen and oxygen atoms in total. The normalized spacial score (nSPS) is 10.2. The van der Waals surface area contributed by atoms with Crippen LogP contribution in [0.25, 0.3) is 6.08 Å². The Morgan fingerprint density at radius 1 is 1.47 bits per heavy atom. The molecule has 0 radical (unpaired) electrons. The number of benzene rings is 1. The minimum atomic E-state index is -1.05. The van der Waals surface area contributed by atoms with Gasteiger partial charge in [-0.2, -0.15) is 0 Å². The molecule has 0 aliphatic carbocycles. The third-order valence-corrected chi connectivity index (χ3v) is 2.30. The van der Waals surface area contributed by atoms with Gasteiger partial charge in [0, 0.05) is 6.08 Å². The molecule has 0 fully saturated rings. The van der Waals surface area contributed by atoms with Gasteiger partial charge < -0.3 is 9.84 Å². The van der Waals surface area contributed by atoms with E-state index in [0.29, 0.717) is 11.3 Å². The van der Waals surface area contributed by atoms with Crippen molar-refractivity contribution < 1.29 is 14.6 Å². The number of terminal acetylenes is 1. The summed E-state index contributed by atoms with van der Waals surface area (Å²) in [4.78, 5) is 10.4. The van der Waals surface area contributed by atoms with Crippen LogP contribution in [0.15, 0.2) is 18.2 Å². The first kappa shape index (κ1) is 13.4. The number of carboxylic acids is 1. The molecule has 1 aromatic carbocycles. The van der Waals surface area contributed by atoms with Gasteiger partial charge in [-0.15, -0.1) is 6.42 Å². The van der Waals surface area contributed by atoms with E-state index < -0.39 is 5.97 Å². The zero-order valence-electron chi connectivity index (χ0n) is 8.61. The van der Waals surface area contributed by atoms with Crippen molar-refractivity contribution in [1.29, 1.82) is 0 Å². The van der Waals surface area contributed by atoms with Crippen LogP contribution in [0.5, 0.6) is 5.75 Å². The molecular formula is C12H8Cl2O3. The number of rotatable bonds is 4. The molecule has 17 heavy (non-hydrogen) atoms. The van der Waals surface area contributed by atoms with Crippen molar-refractivity contribution in [2.75, 3.05) is 6.61 Å². The third kappa shape index (κ3) is 4.03. The number of carbonyl (C=O) groups is 1. The highest BCUT2D eigenvalue weighted by atomic mass is 35.5. The highest BCUT2D eigenvalue weighted by Gasteiger charge is 2.08. The molecule has 0 heterocycles. The zero-order chi connectivity index (χ0) is 12.8. The van der Waals surface area contributed by atoms with Crippen molar-refractivity contribution in [3.63, 3.8) is 0 Å². The van der Waals surface area contributed by atoms with E-state index in [1.165, 1.54) is 6.08 Å².